The Morgan fingerprint density at radius 1 is 1.00 bits per heavy atom. The minimum atomic E-state index is 0.0503. The lowest BCUT2D eigenvalue weighted by atomic mass is 9.97. The van der Waals surface area contributed by atoms with E-state index in [9.17, 15) is 4.79 Å². The molecule has 1 atom stereocenters. The maximum absolute atomic E-state index is 13.5. The average Bonchev–Trinajstić information content (AvgIpc) is 3.29. The highest BCUT2D eigenvalue weighted by Crippen LogP contribution is 2.33. The molecule has 3 rings (SSSR count). The smallest absolute Gasteiger partial charge is 0.231 e. The molecule has 0 saturated heterocycles. The van der Waals surface area contributed by atoms with Crippen LogP contribution in [0.2, 0.25) is 0 Å². The number of fused-ring (bicyclic) bond motifs is 1. The molecule has 174 valence electrons. The molecule has 2 aromatic rings. The predicted octanol–water partition coefficient (Wildman–Crippen LogP) is 5.22. The van der Waals surface area contributed by atoms with Gasteiger partial charge in [-0.1, -0.05) is 38.8 Å². The van der Waals surface area contributed by atoms with E-state index in [0.29, 0.717) is 24.6 Å². The van der Waals surface area contributed by atoms with E-state index in [4.69, 9.17) is 18.9 Å². The fourth-order valence-electron chi connectivity index (χ4n) is 4.04. The molecule has 1 amide bonds. The Morgan fingerprint density at radius 3 is 2.47 bits per heavy atom. The number of carbonyl (C=O) groups excluding carboxylic acids is 1. The van der Waals surface area contributed by atoms with Gasteiger partial charge in [0.2, 0.25) is 12.7 Å². The lowest BCUT2D eigenvalue weighted by Gasteiger charge is -2.27. The minimum absolute atomic E-state index is 0.0503. The quantitative estimate of drug-likeness (QED) is 0.452. The number of carbonyl (C=O) groups is 1. The molecule has 6 heteroatoms. The van der Waals surface area contributed by atoms with Crippen molar-refractivity contribution >= 4 is 5.91 Å². The van der Waals surface area contributed by atoms with E-state index >= 15 is 0 Å². The van der Waals surface area contributed by atoms with Crippen LogP contribution in [0.15, 0.2) is 36.4 Å². The van der Waals surface area contributed by atoms with Crippen LogP contribution >= 0.6 is 0 Å². The molecular formula is C26H35NO5. The zero-order valence-corrected chi connectivity index (χ0v) is 19.7. The van der Waals surface area contributed by atoms with E-state index in [1.54, 1.807) is 14.2 Å². The Hall–Kier alpha value is -2.89. The molecule has 32 heavy (non-hydrogen) atoms. The van der Waals surface area contributed by atoms with Crippen LogP contribution in [0.5, 0.6) is 23.0 Å². The highest BCUT2D eigenvalue weighted by Gasteiger charge is 2.24. The summed E-state index contributed by atoms with van der Waals surface area (Å²) in [6, 6.07) is 11.8. The van der Waals surface area contributed by atoms with Gasteiger partial charge in [-0.05, 0) is 54.7 Å². The summed E-state index contributed by atoms with van der Waals surface area (Å²) in [6.45, 7) is 5.69. The van der Waals surface area contributed by atoms with Crippen molar-refractivity contribution in [3.63, 3.8) is 0 Å². The van der Waals surface area contributed by atoms with Gasteiger partial charge in [-0.15, -0.1) is 0 Å². The summed E-state index contributed by atoms with van der Waals surface area (Å²) >= 11 is 0. The van der Waals surface area contributed by atoms with Crippen molar-refractivity contribution in [2.45, 2.75) is 52.5 Å². The Kier molecular flexibility index (Phi) is 8.65. The van der Waals surface area contributed by atoms with Gasteiger partial charge in [0, 0.05) is 19.0 Å². The van der Waals surface area contributed by atoms with Crippen molar-refractivity contribution in [2.75, 3.05) is 27.6 Å². The van der Waals surface area contributed by atoms with Gasteiger partial charge in [0.05, 0.1) is 14.2 Å². The van der Waals surface area contributed by atoms with E-state index in [-0.39, 0.29) is 18.6 Å². The van der Waals surface area contributed by atoms with Crippen LogP contribution in [0.1, 0.15) is 50.7 Å². The zero-order valence-electron chi connectivity index (χ0n) is 19.7. The summed E-state index contributed by atoms with van der Waals surface area (Å²) in [4.78, 5) is 15.5. The number of methoxy groups -OCH3 is 2. The first kappa shape index (κ1) is 23.8. The number of benzene rings is 2. The van der Waals surface area contributed by atoms with Crippen molar-refractivity contribution < 1.29 is 23.7 Å². The molecule has 0 aliphatic carbocycles. The highest BCUT2D eigenvalue weighted by molar-refractivity contribution is 5.78. The first-order valence-corrected chi connectivity index (χ1v) is 11.5. The van der Waals surface area contributed by atoms with E-state index in [2.05, 4.69) is 13.8 Å². The number of ether oxygens (including phenoxy) is 4. The first-order valence-electron chi connectivity index (χ1n) is 11.5. The van der Waals surface area contributed by atoms with Gasteiger partial charge in [0.15, 0.2) is 23.0 Å². The number of amides is 1. The molecule has 0 saturated carbocycles. The van der Waals surface area contributed by atoms with Gasteiger partial charge >= 0.3 is 0 Å². The van der Waals surface area contributed by atoms with Crippen molar-refractivity contribution in [1.82, 2.24) is 4.90 Å². The SMILES string of the molecule is CCCCC(CC)C(=O)N(CCc1ccc(OC)c(OC)c1)Cc1ccc2c(c1)OCO2. The van der Waals surface area contributed by atoms with Gasteiger partial charge in [0.25, 0.3) is 0 Å². The Bertz CT molecular complexity index is 898. The van der Waals surface area contributed by atoms with Gasteiger partial charge in [0.1, 0.15) is 0 Å². The molecule has 0 fully saturated rings. The number of hydrogen-bond donors (Lipinski definition) is 0. The monoisotopic (exact) mass is 441 g/mol. The van der Waals surface area contributed by atoms with Crippen LogP contribution in [0.25, 0.3) is 0 Å². The van der Waals surface area contributed by atoms with Crippen molar-refractivity contribution in [1.29, 1.82) is 0 Å². The largest absolute Gasteiger partial charge is 0.493 e. The fourth-order valence-corrected chi connectivity index (χ4v) is 4.04. The van der Waals surface area contributed by atoms with Crippen molar-refractivity contribution in [3.05, 3.63) is 47.5 Å². The Balaban J connectivity index is 1.77. The van der Waals surface area contributed by atoms with E-state index in [1.165, 1.54) is 0 Å². The maximum Gasteiger partial charge on any atom is 0.231 e. The lowest BCUT2D eigenvalue weighted by Crippen LogP contribution is -2.37. The molecule has 1 aliphatic rings. The molecule has 0 spiro atoms. The van der Waals surface area contributed by atoms with Gasteiger partial charge < -0.3 is 23.8 Å². The third-order valence-electron chi connectivity index (χ3n) is 5.99. The number of nitrogens with zero attached hydrogens (tertiary/aromatic N) is 1. The molecule has 0 N–H and O–H groups in total. The van der Waals surface area contributed by atoms with Crippen molar-refractivity contribution in [3.8, 4) is 23.0 Å². The molecule has 0 radical (unpaired) electrons. The van der Waals surface area contributed by atoms with Crippen LogP contribution in [0, 0.1) is 5.92 Å². The maximum atomic E-state index is 13.5. The van der Waals surface area contributed by atoms with Gasteiger partial charge in [-0.25, -0.2) is 0 Å². The van der Waals surface area contributed by atoms with Crippen LogP contribution in [-0.2, 0) is 17.8 Å². The third kappa shape index (κ3) is 5.87. The minimum Gasteiger partial charge on any atom is -0.493 e. The van der Waals surface area contributed by atoms with Gasteiger partial charge in [-0.2, -0.15) is 0 Å². The summed E-state index contributed by atoms with van der Waals surface area (Å²) in [6.07, 6.45) is 4.68. The highest BCUT2D eigenvalue weighted by atomic mass is 16.7. The zero-order chi connectivity index (χ0) is 22.9. The Labute approximate surface area is 191 Å². The molecule has 0 aromatic heterocycles. The number of rotatable bonds is 12. The summed E-state index contributed by atoms with van der Waals surface area (Å²) < 4.78 is 21.7. The molecular weight excluding hydrogens is 406 g/mol. The normalized spacial score (nSPS) is 13.0. The molecule has 6 nitrogen and oxygen atoms in total. The number of hydrogen-bond acceptors (Lipinski definition) is 5. The van der Waals surface area contributed by atoms with E-state index < -0.39 is 0 Å². The van der Waals surface area contributed by atoms with Gasteiger partial charge in [-0.3, -0.25) is 4.79 Å². The molecule has 0 bridgehead atoms. The summed E-state index contributed by atoms with van der Waals surface area (Å²) in [5, 5.41) is 0. The molecule has 1 aliphatic heterocycles. The fraction of sp³-hybridized carbons (Fsp3) is 0.500. The topological polar surface area (TPSA) is 57.2 Å². The van der Waals surface area contributed by atoms with E-state index in [1.807, 2.05) is 41.3 Å². The van der Waals surface area contributed by atoms with Crippen LogP contribution in [0.3, 0.4) is 0 Å². The second kappa shape index (κ2) is 11.7. The second-order valence-corrected chi connectivity index (χ2v) is 8.13. The van der Waals surface area contributed by atoms with Crippen LogP contribution < -0.4 is 18.9 Å². The standard InChI is InChI=1S/C26H35NO5/c1-5-7-8-21(6-2)26(28)27(17-20-10-12-23-25(16-20)32-18-31-23)14-13-19-9-11-22(29-3)24(15-19)30-4/h9-12,15-16,21H,5-8,13-14,17-18H2,1-4H3. The predicted molar refractivity (Wildman–Crippen MR) is 125 cm³/mol. The van der Waals surface area contributed by atoms with Crippen molar-refractivity contribution in [2.24, 2.45) is 5.92 Å². The summed E-state index contributed by atoms with van der Waals surface area (Å²) in [5.41, 5.74) is 2.15. The Morgan fingerprint density at radius 2 is 1.75 bits per heavy atom. The first-order chi connectivity index (χ1) is 15.6. The molecule has 1 heterocycles. The summed E-state index contributed by atoms with van der Waals surface area (Å²) in [5.74, 6) is 3.18. The summed E-state index contributed by atoms with van der Waals surface area (Å²) in [7, 11) is 3.27. The molecule has 1 unspecified atom stereocenters. The number of unbranched alkanes of at least 4 members (excludes halogenated alkanes) is 1. The lowest BCUT2D eigenvalue weighted by molar-refractivity contribution is -0.136. The average molecular weight is 442 g/mol. The molecule has 2 aromatic carbocycles. The van der Waals surface area contributed by atoms with Crippen LogP contribution in [0.4, 0.5) is 0 Å². The van der Waals surface area contributed by atoms with Crippen LogP contribution in [-0.4, -0.2) is 38.4 Å². The van der Waals surface area contributed by atoms with E-state index in [0.717, 1.165) is 54.7 Å². The second-order valence-electron chi connectivity index (χ2n) is 8.13. The third-order valence-corrected chi connectivity index (χ3v) is 5.99.